The maximum atomic E-state index is 5.98. The zero-order valence-corrected chi connectivity index (χ0v) is 12.0. The summed E-state index contributed by atoms with van der Waals surface area (Å²) in [5, 5.41) is 0. The topological polar surface area (TPSA) is 26.0 Å². The fraction of sp³-hybridized carbons (Fsp3) is 0.176. The minimum absolute atomic E-state index is 0.841. The van der Waals surface area contributed by atoms with Gasteiger partial charge in [-0.25, -0.2) is 0 Å². The molecule has 1 nitrogen and oxygen atoms in total. The second-order valence-electron chi connectivity index (χ2n) is 4.38. The van der Waals surface area contributed by atoms with Crippen LogP contribution in [0.3, 0.4) is 0 Å². The lowest BCUT2D eigenvalue weighted by Crippen LogP contribution is -1.89. The van der Waals surface area contributed by atoms with Gasteiger partial charge < -0.3 is 5.73 Å². The number of nitrogens with two attached hydrogens (primary N) is 1. The number of hydrogen-bond acceptors (Lipinski definition) is 2. The van der Waals surface area contributed by atoms with E-state index in [0.717, 1.165) is 23.4 Å². The van der Waals surface area contributed by atoms with E-state index in [9.17, 15) is 0 Å². The standard InChI is InChI=1S/C17H19NS/c1-2-3-9-15-12-16(10-11-17(15)18)19-13-14-7-5-4-6-8-14/h3-12H,2,13,18H2,1H3/b9-3+. The highest BCUT2D eigenvalue weighted by Gasteiger charge is 2.00. The molecule has 0 aliphatic heterocycles. The first-order valence-electron chi connectivity index (χ1n) is 6.52. The Morgan fingerprint density at radius 1 is 1.11 bits per heavy atom. The molecule has 0 unspecified atom stereocenters. The highest BCUT2D eigenvalue weighted by atomic mass is 32.2. The lowest BCUT2D eigenvalue weighted by Gasteiger charge is -2.06. The van der Waals surface area contributed by atoms with Crippen LogP contribution in [0.1, 0.15) is 24.5 Å². The first-order chi connectivity index (χ1) is 9.29. The number of anilines is 1. The molecule has 0 aromatic heterocycles. The summed E-state index contributed by atoms with van der Waals surface area (Å²) in [5.74, 6) is 0.988. The van der Waals surface area contributed by atoms with Crippen molar-refractivity contribution in [1.29, 1.82) is 0 Å². The van der Waals surface area contributed by atoms with Crippen LogP contribution in [-0.4, -0.2) is 0 Å². The Balaban J connectivity index is 2.07. The smallest absolute Gasteiger partial charge is 0.0388 e. The maximum Gasteiger partial charge on any atom is 0.0388 e. The molecule has 0 spiro atoms. The van der Waals surface area contributed by atoms with Crippen molar-refractivity contribution in [3.05, 3.63) is 65.7 Å². The van der Waals surface area contributed by atoms with E-state index in [1.165, 1.54) is 10.5 Å². The third kappa shape index (κ3) is 4.18. The monoisotopic (exact) mass is 269 g/mol. The summed E-state index contributed by atoms with van der Waals surface area (Å²) in [7, 11) is 0. The average Bonchev–Trinajstić information content (AvgIpc) is 2.46. The van der Waals surface area contributed by atoms with Crippen LogP contribution in [0.5, 0.6) is 0 Å². The van der Waals surface area contributed by atoms with E-state index in [-0.39, 0.29) is 0 Å². The van der Waals surface area contributed by atoms with E-state index in [1.54, 1.807) is 0 Å². The molecule has 2 heteroatoms. The molecule has 19 heavy (non-hydrogen) atoms. The summed E-state index contributed by atoms with van der Waals surface area (Å²) in [5.41, 5.74) is 9.27. The number of hydrogen-bond donors (Lipinski definition) is 1. The Labute approximate surface area is 119 Å². The predicted molar refractivity (Wildman–Crippen MR) is 86.2 cm³/mol. The van der Waals surface area contributed by atoms with E-state index in [4.69, 9.17) is 5.73 Å². The highest BCUT2D eigenvalue weighted by molar-refractivity contribution is 7.98. The molecule has 0 amide bonds. The van der Waals surface area contributed by atoms with Crippen molar-refractivity contribution in [2.75, 3.05) is 5.73 Å². The second kappa shape index (κ2) is 7.05. The summed E-state index contributed by atoms with van der Waals surface area (Å²) in [6.07, 6.45) is 5.26. The first-order valence-corrected chi connectivity index (χ1v) is 7.51. The van der Waals surface area contributed by atoms with Gasteiger partial charge in [0, 0.05) is 16.3 Å². The van der Waals surface area contributed by atoms with Crippen molar-refractivity contribution in [3.63, 3.8) is 0 Å². The van der Waals surface area contributed by atoms with Crippen molar-refractivity contribution in [1.82, 2.24) is 0 Å². The van der Waals surface area contributed by atoms with Gasteiger partial charge in [-0.15, -0.1) is 11.8 Å². The molecule has 0 saturated carbocycles. The second-order valence-corrected chi connectivity index (χ2v) is 5.42. The summed E-state index contributed by atoms with van der Waals surface area (Å²) in [4.78, 5) is 1.26. The number of thioether (sulfide) groups is 1. The van der Waals surface area contributed by atoms with Crippen LogP contribution in [0.15, 0.2) is 59.5 Å². The van der Waals surface area contributed by atoms with Gasteiger partial charge in [-0.1, -0.05) is 49.4 Å². The molecular weight excluding hydrogens is 250 g/mol. The number of benzene rings is 2. The molecule has 0 aliphatic carbocycles. The van der Waals surface area contributed by atoms with Gasteiger partial charge in [0.15, 0.2) is 0 Å². The van der Waals surface area contributed by atoms with E-state index in [1.807, 2.05) is 23.9 Å². The van der Waals surface area contributed by atoms with E-state index in [2.05, 4.69) is 55.5 Å². The summed E-state index contributed by atoms with van der Waals surface area (Å²) < 4.78 is 0. The van der Waals surface area contributed by atoms with Crippen molar-refractivity contribution in [2.45, 2.75) is 24.0 Å². The van der Waals surface area contributed by atoms with Crippen LogP contribution >= 0.6 is 11.8 Å². The van der Waals surface area contributed by atoms with Gasteiger partial charge in [0.1, 0.15) is 0 Å². The largest absolute Gasteiger partial charge is 0.398 e. The fourth-order valence-corrected chi connectivity index (χ4v) is 2.67. The van der Waals surface area contributed by atoms with Crippen LogP contribution in [0, 0.1) is 0 Å². The number of rotatable bonds is 5. The average molecular weight is 269 g/mol. The summed E-state index contributed by atoms with van der Waals surface area (Å²) in [6.45, 7) is 2.13. The normalized spacial score (nSPS) is 11.0. The third-order valence-corrected chi connectivity index (χ3v) is 3.90. The molecule has 2 aromatic rings. The molecule has 2 N–H and O–H groups in total. The molecule has 0 bridgehead atoms. The molecule has 2 aromatic carbocycles. The Hall–Kier alpha value is -1.67. The minimum atomic E-state index is 0.841. The van der Waals surface area contributed by atoms with Crippen molar-refractivity contribution >= 4 is 23.5 Å². The minimum Gasteiger partial charge on any atom is -0.398 e. The first kappa shape index (κ1) is 13.8. The molecule has 2 rings (SSSR count). The van der Waals surface area contributed by atoms with Gasteiger partial charge in [-0.2, -0.15) is 0 Å². The van der Waals surface area contributed by atoms with Crippen molar-refractivity contribution in [3.8, 4) is 0 Å². The van der Waals surface area contributed by atoms with Gasteiger partial charge >= 0.3 is 0 Å². The van der Waals surface area contributed by atoms with E-state index in [0.29, 0.717) is 0 Å². The Morgan fingerprint density at radius 3 is 2.63 bits per heavy atom. The Morgan fingerprint density at radius 2 is 1.89 bits per heavy atom. The highest BCUT2D eigenvalue weighted by Crippen LogP contribution is 2.26. The Kier molecular flexibility index (Phi) is 5.10. The molecule has 0 heterocycles. The quantitative estimate of drug-likeness (QED) is 0.611. The van der Waals surface area contributed by atoms with Crippen LogP contribution in [0.2, 0.25) is 0 Å². The third-order valence-electron chi connectivity index (χ3n) is 2.84. The molecule has 0 fully saturated rings. The maximum absolute atomic E-state index is 5.98. The van der Waals surface area contributed by atoms with Gasteiger partial charge in [-0.3, -0.25) is 0 Å². The van der Waals surface area contributed by atoms with Crippen LogP contribution in [0.4, 0.5) is 5.69 Å². The van der Waals surface area contributed by atoms with Crippen LogP contribution < -0.4 is 5.73 Å². The molecule has 0 atom stereocenters. The van der Waals surface area contributed by atoms with Gasteiger partial charge in [0.05, 0.1) is 0 Å². The zero-order valence-electron chi connectivity index (χ0n) is 11.2. The van der Waals surface area contributed by atoms with Crippen molar-refractivity contribution in [2.24, 2.45) is 0 Å². The molecular formula is C17H19NS. The molecule has 0 saturated heterocycles. The number of nitrogen functional groups attached to an aromatic ring is 1. The van der Waals surface area contributed by atoms with Crippen molar-refractivity contribution < 1.29 is 0 Å². The predicted octanol–water partition coefficient (Wildman–Crippen LogP) is 4.98. The SMILES string of the molecule is CC/C=C/c1cc(SCc2ccccc2)ccc1N. The fourth-order valence-electron chi connectivity index (χ4n) is 1.77. The van der Waals surface area contributed by atoms with E-state index < -0.39 is 0 Å². The van der Waals surface area contributed by atoms with Gasteiger partial charge in [0.25, 0.3) is 0 Å². The summed E-state index contributed by atoms with van der Waals surface area (Å²) in [6, 6.07) is 16.8. The molecule has 0 radical (unpaired) electrons. The molecule has 98 valence electrons. The van der Waals surface area contributed by atoms with Gasteiger partial charge in [0.2, 0.25) is 0 Å². The molecule has 0 aliphatic rings. The zero-order chi connectivity index (χ0) is 13.5. The number of allylic oxidation sites excluding steroid dienone is 1. The van der Waals surface area contributed by atoms with Crippen LogP contribution in [0.25, 0.3) is 6.08 Å². The van der Waals surface area contributed by atoms with Gasteiger partial charge in [-0.05, 0) is 35.7 Å². The Bertz CT molecular complexity index is 546. The summed E-state index contributed by atoms with van der Waals surface area (Å²) >= 11 is 1.84. The van der Waals surface area contributed by atoms with E-state index >= 15 is 0 Å². The lowest BCUT2D eigenvalue weighted by atomic mass is 10.1. The lowest BCUT2D eigenvalue weighted by molar-refractivity contribution is 1.23. The van der Waals surface area contributed by atoms with Crippen LogP contribution in [-0.2, 0) is 5.75 Å².